The largest absolute Gasteiger partial charge is 0.361 e. The van der Waals surface area contributed by atoms with E-state index in [1.54, 1.807) is 13.8 Å². The maximum Gasteiger partial charge on any atom is 0.193 e. The highest BCUT2D eigenvalue weighted by atomic mass is 127. The quantitative estimate of drug-likeness (QED) is 0.290. The first-order valence-electron chi connectivity index (χ1n) is 8.85. The molecule has 1 fully saturated rings. The Labute approximate surface area is 173 Å². The van der Waals surface area contributed by atoms with E-state index in [1.165, 1.54) is 0 Å². The average molecular weight is 498 g/mol. The standard InChI is InChI=1S/C17H30N4O3S.HI/c1-6-18-16(21-10-11-25(22,23)17(4,5)12-21)19-9-7-8-15-13(2)20-24-14(15)3;/h6-12H2,1-5H3,(H,18,19);1H. The molecule has 150 valence electrons. The number of nitrogens with one attached hydrogen (secondary N) is 1. The maximum atomic E-state index is 12.2. The number of aliphatic imine (C=N–C) groups is 1. The predicted molar refractivity (Wildman–Crippen MR) is 115 cm³/mol. The van der Waals surface area contributed by atoms with Crippen LogP contribution in [0.4, 0.5) is 0 Å². The molecule has 1 aliphatic rings. The molecular formula is C17H31IN4O3S. The molecule has 7 nitrogen and oxygen atoms in total. The lowest BCUT2D eigenvalue weighted by Gasteiger charge is -2.39. The van der Waals surface area contributed by atoms with Gasteiger partial charge in [0.2, 0.25) is 0 Å². The molecule has 1 N–H and O–H groups in total. The zero-order valence-corrected chi connectivity index (χ0v) is 19.5. The summed E-state index contributed by atoms with van der Waals surface area (Å²) in [6.45, 7) is 11.9. The molecule has 26 heavy (non-hydrogen) atoms. The van der Waals surface area contributed by atoms with Gasteiger partial charge >= 0.3 is 0 Å². The van der Waals surface area contributed by atoms with E-state index < -0.39 is 14.6 Å². The van der Waals surface area contributed by atoms with E-state index in [1.807, 2.05) is 20.8 Å². The molecule has 0 saturated carbocycles. The molecular weight excluding hydrogens is 467 g/mol. The van der Waals surface area contributed by atoms with Crippen LogP contribution in [-0.4, -0.2) is 61.1 Å². The Kier molecular flexibility index (Phi) is 8.37. The fourth-order valence-corrected chi connectivity index (χ4v) is 4.42. The van der Waals surface area contributed by atoms with E-state index in [-0.39, 0.29) is 29.7 Å². The van der Waals surface area contributed by atoms with Crippen LogP contribution in [0.1, 0.15) is 44.2 Å². The summed E-state index contributed by atoms with van der Waals surface area (Å²) in [5.41, 5.74) is 2.10. The molecule has 0 amide bonds. The smallest absolute Gasteiger partial charge is 0.193 e. The molecule has 9 heteroatoms. The third-order valence-corrected chi connectivity index (χ3v) is 7.24. The van der Waals surface area contributed by atoms with Gasteiger partial charge in [0.25, 0.3) is 0 Å². The van der Waals surface area contributed by atoms with Crippen LogP contribution < -0.4 is 5.32 Å². The number of nitrogens with zero attached hydrogens (tertiary/aromatic N) is 3. The molecule has 1 aromatic rings. The van der Waals surface area contributed by atoms with Crippen LogP contribution in [0.2, 0.25) is 0 Å². The Morgan fingerprint density at radius 3 is 2.62 bits per heavy atom. The van der Waals surface area contributed by atoms with E-state index in [2.05, 4.69) is 15.4 Å². The molecule has 1 aromatic heterocycles. The molecule has 1 saturated heterocycles. The summed E-state index contributed by atoms with van der Waals surface area (Å²) in [6, 6.07) is 0. The minimum absolute atomic E-state index is 0. The summed E-state index contributed by atoms with van der Waals surface area (Å²) in [6.07, 6.45) is 1.78. The van der Waals surface area contributed by atoms with Gasteiger partial charge in [0.05, 0.1) is 16.2 Å². The van der Waals surface area contributed by atoms with E-state index >= 15 is 0 Å². The van der Waals surface area contributed by atoms with Gasteiger partial charge in [0, 0.05) is 31.7 Å². The molecule has 2 rings (SSSR count). The fraction of sp³-hybridized carbons (Fsp3) is 0.765. The van der Waals surface area contributed by atoms with Crippen LogP contribution in [0.3, 0.4) is 0 Å². The second-order valence-electron chi connectivity index (χ2n) is 7.14. The molecule has 1 aliphatic heterocycles. The van der Waals surface area contributed by atoms with Gasteiger partial charge < -0.3 is 14.7 Å². The van der Waals surface area contributed by atoms with Crippen molar-refractivity contribution in [3.05, 3.63) is 17.0 Å². The third-order valence-electron chi connectivity index (χ3n) is 4.71. The number of sulfone groups is 1. The number of aromatic nitrogens is 1. The predicted octanol–water partition coefficient (Wildman–Crippen LogP) is 2.32. The first-order valence-corrected chi connectivity index (χ1v) is 10.5. The topological polar surface area (TPSA) is 87.8 Å². The second-order valence-corrected chi connectivity index (χ2v) is 9.88. The van der Waals surface area contributed by atoms with Crippen LogP contribution in [0.25, 0.3) is 0 Å². The molecule has 0 atom stereocenters. The summed E-state index contributed by atoms with van der Waals surface area (Å²) in [5.74, 6) is 1.84. The minimum Gasteiger partial charge on any atom is -0.361 e. The van der Waals surface area contributed by atoms with Gasteiger partial charge in [-0.2, -0.15) is 0 Å². The van der Waals surface area contributed by atoms with Gasteiger partial charge in [0.1, 0.15) is 5.76 Å². The molecule has 0 bridgehead atoms. The summed E-state index contributed by atoms with van der Waals surface area (Å²) in [7, 11) is -3.05. The average Bonchev–Trinajstić information content (AvgIpc) is 2.84. The normalized spacial score (nSPS) is 19.1. The van der Waals surface area contributed by atoms with E-state index in [4.69, 9.17) is 9.52 Å². The van der Waals surface area contributed by atoms with Crippen LogP contribution in [-0.2, 0) is 16.3 Å². The van der Waals surface area contributed by atoms with Crippen LogP contribution in [0.5, 0.6) is 0 Å². The summed E-state index contributed by atoms with van der Waals surface area (Å²) < 4.78 is 28.8. The minimum atomic E-state index is -3.05. The van der Waals surface area contributed by atoms with Gasteiger partial charge in [-0.3, -0.25) is 4.99 Å². The number of halogens is 1. The highest BCUT2D eigenvalue weighted by Gasteiger charge is 2.40. The fourth-order valence-electron chi connectivity index (χ4n) is 3.05. The number of hydrogen-bond acceptors (Lipinski definition) is 5. The lowest BCUT2D eigenvalue weighted by atomic mass is 10.1. The molecule has 0 aliphatic carbocycles. The summed E-state index contributed by atoms with van der Waals surface area (Å²) in [4.78, 5) is 6.75. The van der Waals surface area contributed by atoms with Crippen LogP contribution >= 0.6 is 24.0 Å². The Balaban J connectivity index is 0.00000338. The Bertz CT molecular complexity index is 709. The Morgan fingerprint density at radius 1 is 1.38 bits per heavy atom. The highest BCUT2D eigenvalue weighted by molar-refractivity contribution is 14.0. The molecule has 0 unspecified atom stereocenters. The molecule has 0 aromatic carbocycles. The molecule has 0 spiro atoms. The molecule has 0 radical (unpaired) electrons. The zero-order chi connectivity index (χ0) is 18.7. The van der Waals surface area contributed by atoms with Crippen molar-refractivity contribution >= 4 is 39.8 Å². The number of hydrogen-bond donors (Lipinski definition) is 1. The van der Waals surface area contributed by atoms with Gasteiger partial charge in [-0.15, -0.1) is 24.0 Å². The van der Waals surface area contributed by atoms with Crippen molar-refractivity contribution in [1.82, 2.24) is 15.4 Å². The van der Waals surface area contributed by atoms with Crippen molar-refractivity contribution in [2.24, 2.45) is 4.99 Å². The van der Waals surface area contributed by atoms with E-state index in [0.29, 0.717) is 19.6 Å². The van der Waals surface area contributed by atoms with Crippen molar-refractivity contribution < 1.29 is 12.9 Å². The second kappa shape index (κ2) is 9.38. The van der Waals surface area contributed by atoms with Crippen molar-refractivity contribution in [2.75, 3.05) is 31.9 Å². The number of aryl methyl sites for hydroxylation is 2. The van der Waals surface area contributed by atoms with Crippen LogP contribution in [0.15, 0.2) is 9.52 Å². The van der Waals surface area contributed by atoms with Crippen molar-refractivity contribution in [3.63, 3.8) is 0 Å². The lowest BCUT2D eigenvalue weighted by Crippen LogP contribution is -2.57. The highest BCUT2D eigenvalue weighted by Crippen LogP contribution is 2.23. The number of rotatable bonds is 5. The van der Waals surface area contributed by atoms with E-state index in [0.717, 1.165) is 42.4 Å². The number of guanidine groups is 1. The first-order chi connectivity index (χ1) is 11.7. The van der Waals surface area contributed by atoms with Crippen molar-refractivity contribution in [2.45, 2.75) is 52.2 Å². The zero-order valence-electron chi connectivity index (χ0n) is 16.3. The Hall–Kier alpha value is -0.840. The van der Waals surface area contributed by atoms with Crippen molar-refractivity contribution in [3.8, 4) is 0 Å². The monoisotopic (exact) mass is 498 g/mol. The maximum absolute atomic E-state index is 12.2. The van der Waals surface area contributed by atoms with Gasteiger partial charge in [-0.25, -0.2) is 8.42 Å². The molecule has 2 heterocycles. The Morgan fingerprint density at radius 2 is 2.08 bits per heavy atom. The van der Waals surface area contributed by atoms with Crippen LogP contribution in [0, 0.1) is 13.8 Å². The van der Waals surface area contributed by atoms with Gasteiger partial charge in [0.15, 0.2) is 15.8 Å². The summed E-state index contributed by atoms with van der Waals surface area (Å²) in [5, 5.41) is 7.26. The first kappa shape index (κ1) is 23.2. The van der Waals surface area contributed by atoms with E-state index in [9.17, 15) is 8.42 Å². The summed E-state index contributed by atoms with van der Waals surface area (Å²) >= 11 is 0. The third kappa shape index (κ3) is 5.34. The lowest BCUT2D eigenvalue weighted by molar-refractivity contribution is 0.353. The van der Waals surface area contributed by atoms with Gasteiger partial charge in [-0.1, -0.05) is 5.16 Å². The van der Waals surface area contributed by atoms with Crippen molar-refractivity contribution in [1.29, 1.82) is 0 Å². The SMILES string of the molecule is CCNC(=NCCCc1c(C)noc1C)N1CCS(=O)(=O)C(C)(C)C1.I. The van der Waals surface area contributed by atoms with Gasteiger partial charge in [-0.05, 0) is 47.5 Å².